The number of hydrogen-bond donors (Lipinski definition) is 1. The third-order valence-corrected chi connectivity index (χ3v) is 4.19. The molecule has 2 heterocycles. The maximum atomic E-state index is 3.62. The Hall–Kier alpha value is -1.12. The van der Waals surface area contributed by atoms with E-state index in [1.807, 2.05) is 11.3 Å². The van der Waals surface area contributed by atoms with Crippen molar-refractivity contribution < 1.29 is 0 Å². The Morgan fingerprint density at radius 3 is 3.12 bits per heavy atom. The molecule has 2 heteroatoms. The maximum Gasteiger partial charge on any atom is 0.0674 e. The highest BCUT2D eigenvalue weighted by atomic mass is 32.1. The van der Waals surface area contributed by atoms with Gasteiger partial charge in [-0.2, -0.15) is 0 Å². The van der Waals surface area contributed by atoms with Crippen molar-refractivity contribution in [1.29, 1.82) is 0 Å². The molecule has 0 saturated heterocycles. The highest BCUT2D eigenvalue weighted by Gasteiger charge is 2.22. The zero-order valence-electron chi connectivity index (χ0n) is 9.36. The van der Waals surface area contributed by atoms with Gasteiger partial charge in [-0.15, -0.1) is 11.3 Å². The van der Waals surface area contributed by atoms with Crippen LogP contribution in [0.25, 0.3) is 0 Å². The minimum atomic E-state index is 0.406. The lowest BCUT2D eigenvalue weighted by Crippen LogP contribution is -2.29. The van der Waals surface area contributed by atoms with Crippen LogP contribution in [0.3, 0.4) is 0 Å². The van der Waals surface area contributed by atoms with Gasteiger partial charge in [0, 0.05) is 11.4 Å². The van der Waals surface area contributed by atoms with E-state index in [2.05, 4.69) is 48.0 Å². The standard InChI is InChI=1S/C14H15NS/c1-10-3-2-4-12(9-10)13-14-11(5-7-15-13)6-8-16-14/h2-4,6,8-9,13,15H,5,7H2,1H3. The fourth-order valence-electron chi connectivity index (χ4n) is 2.37. The molecule has 2 aromatic rings. The van der Waals surface area contributed by atoms with Gasteiger partial charge in [-0.3, -0.25) is 0 Å². The summed E-state index contributed by atoms with van der Waals surface area (Å²) in [5.41, 5.74) is 4.25. The van der Waals surface area contributed by atoms with Gasteiger partial charge in [0.1, 0.15) is 0 Å². The summed E-state index contributed by atoms with van der Waals surface area (Å²) >= 11 is 1.87. The molecule has 1 nitrogen and oxygen atoms in total. The van der Waals surface area contributed by atoms with Crippen molar-refractivity contribution in [2.75, 3.05) is 6.54 Å². The number of hydrogen-bond acceptors (Lipinski definition) is 2. The summed E-state index contributed by atoms with van der Waals surface area (Å²) in [4.78, 5) is 1.50. The van der Waals surface area contributed by atoms with E-state index < -0.39 is 0 Å². The summed E-state index contributed by atoms with van der Waals surface area (Å²) in [6.07, 6.45) is 1.17. The van der Waals surface area contributed by atoms with E-state index in [0.29, 0.717) is 6.04 Å². The molecule has 0 amide bonds. The van der Waals surface area contributed by atoms with E-state index >= 15 is 0 Å². The number of aryl methyl sites for hydroxylation is 1. The molecule has 1 atom stereocenters. The minimum absolute atomic E-state index is 0.406. The molecule has 0 radical (unpaired) electrons. The molecule has 3 rings (SSSR count). The predicted octanol–water partition coefficient (Wildman–Crippen LogP) is 3.29. The monoisotopic (exact) mass is 229 g/mol. The van der Waals surface area contributed by atoms with E-state index in [1.54, 1.807) is 0 Å². The molecular formula is C14H15NS. The first-order chi connectivity index (χ1) is 7.84. The van der Waals surface area contributed by atoms with Crippen molar-refractivity contribution in [3.8, 4) is 0 Å². The molecule has 0 fully saturated rings. The van der Waals surface area contributed by atoms with Crippen molar-refractivity contribution in [2.45, 2.75) is 19.4 Å². The van der Waals surface area contributed by atoms with Gasteiger partial charge in [-0.25, -0.2) is 0 Å². The van der Waals surface area contributed by atoms with Crippen LogP contribution in [-0.4, -0.2) is 6.54 Å². The zero-order chi connectivity index (χ0) is 11.0. The van der Waals surface area contributed by atoms with Crippen LogP contribution in [0.5, 0.6) is 0 Å². The topological polar surface area (TPSA) is 12.0 Å². The van der Waals surface area contributed by atoms with Crippen LogP contribution < -0.4 is 5.32 Å². The van der Waals surface area contributed by atoms with Crippen LogP contribution in [0.2, 0.25) is 0 Å². The molecule has 1 N–H and O–H groups in total. The summed E-state index contributed by atoms with van der Waals surface area (Å²) < 4.78 is 0. The van der Waals surface area contributed by atoms with Crippen LogP contribution in [0, 0.1) is 6.92 Å². The second kappa shape index (κ2) is 4.04. The Kier molecular flexibility index (Phi) is 2.54. The number of nitrogens with one attached hydrogen (secondary N) is 1. The predicted molar refractivity (Wildman–Crippen MR) is 69.0 cm³/mol. The number of fused-ring (bicyclic) bond motifs is 1. The zero-order valence-corrected chi connectivity index (χ0v) is 10.2. The van der Waals surface area contributed by atoms with Gasteiger partial charge in [0.15, 0.2) is 0 Å². The van der Waals surface area contributed by atoms with Crippen molar-refractivity contribution in [3.63, 3.8) is 0 Å². The van der Waals surface area contributed by atoms with Gasteiger partial charge in [-0.1, -0.05) is 29.8 Å². The molecule has 0 saturated carbocycles. The molecular weight excluding hydrogens is 214 g/mol. The molecule has 0 spiro atoms. The average molecular weight is 229 g/mol. The van der Waals surface area contributed by atoms with E-state index in [-0.39, 0.29) is 0 Å². The summed E-state index contributed by atoms with van der Waals surface area (Å²) in [6.45, 7) is 3.24. The fourth-order valence-corrected chi connectivity index (χ4v) is 3.43. The molecule has 0 bridgehead atoms. The number of rotatable bonds is 1. The van der Waals surface area contributed by atoms with Crippen molar-refractivity contribution >= 4 is 11.3 Å². The van der Waals surface area contributed by atoms with E-state index in [9.17, 15) is 0 Å². The minimum Gasteiger partial charge on any atom is -0.305 e. The fraction of sp³-hybridized carbons (Fsp3) is 0.286. The lowest BCUT2D eigenvalue weighted by atomic mass is 9.97. The lowest BCUT2D eigenvalue weighted by Gasteiger charge is -2.24. The van der Waals surface area contributed by atoms with Gasteiger partial charge >= 0.3 is 0 Å². The second-order valence-corrected chi connectivity index (χ2v) is 5.31. The quantitative estimate of drug-likeness (QED) is 0.791. The molecule has 1 aromatic carbocycles. The molecule has 16 heavy (non-hydrogen) atoms. The van der Waals surface area contributed by atoms with Crippen molar-refractivity contribution in [3.05, 3.63) is 57.3 Å². The summed E-state index contributed by atoms with van der Waals surface area (Å²) in [5, 5.41) is 5.82. The average Bonchev–Trinajstić information content (AvgIpc) is 2.76. The molecule has 1 aliphatic heterocycles. The molecule has 82 valence electrons. The Labute approximate surface area is 100 Å². The third-order valence-electron chi connectivity index (χ3n) is 3.16. The molecule has 1 unspecified atom stereocenters. The van der Waals surface area contributed by atoms with Crippen LogP contribution in [0.4, 0.5) is 0 Å². The maximum absolute atomic E-state index is 3.62. The Balaban J connectivity index is 2.04. The smallest absolute Gasteiger partial charge is 0.0674 e. The van der Waals surface area contributed by atoms with Crippen LogP contribution in [0.15, 0.2) is 35.7 Å². The first-order valence-electron chi connectivity index (χ1n) is 5.71. The van der Waals surface area contributed by atoms with Gasteiger partial charge in [-0.05, 0) is 35.9 Å². The van der Waals surface area contributed by atoms with Crippen molar-refractivity contribution in [2.24, 2.45) is 0 Å². The summed E-state index contributed by atoms with van der Waals surface area (Å²) in [5.74, 6) is 0. The summed E-state index contributed by atoms with van der Waals surface area (Å²) in [7, 11) is 0. The second-order valence-electron chi connectivity index (χ2n) is 4.36. The van der Waals surface area contributed by atoms with E-state index in [4.69, 9.17) is 0 Å². The van der Waals surface area contributed by atoms with Gasteiger partial charge in [0.25, 0.3) is 0 Å². The van der Waals surface area contributed by atoms with Gasteiger partial charge in [0.2, 0.25) is 0 Å². The third kappa shape index (κ3) is 1.68. The number of thiophene rings is 1. The Morgan fingerprint density at radius 2 is 2.25 bits per heavy atom. The van der Waals surface area contributed by atoms with E-state index in [1.165, 1.54) is 28.0 Å². The Bertz CT molecular complexity index is 501. The molecule has 1 aliphatic rings. The van der Waals surface area contributed by atoms with Gasteiger partial charge < -0.3 is 5.32 Å². The summed E-state index contributed by atoms with van der Waals surface area (Å²) in [6, 6.07) is 11.5. The highest BCUT2D eigenvalue weighted by Crippen LogP contribution is 2.32. The van der Waals surface area contributed by atoms with Crippen LogP contribution >= 0.6 is 11.3 Å². The van der Waals surface area contributed by atoms with Crippen LogP contribution in [-0.2, 0) is 6.42 Å². The van der Waals surface area contributed by atoms with Gasteiger partial charge in [0.05, 0.1) is 6.04 Å². The molecule has 1 aromatic heterocycles. The largest absolute Gasteiger partial charge is 0.305 e. The Morgan fingerprint density at radius 1 is 1.31 bits per heavy atom. The van der Waals surface area contributed by atoms with Crippen molar-refractivity contribution in [1.82, 2.24) is 5.32 Å². The molecule has 0 aliphatic carbocycles. The first-order valence-corrected chi connectivity index (χ1v) is 6.59. The SMILES string of the molecule is Cc1cccc(C2NCCc3ccsc32)c1. The highest BCUT2D eigenvalue weighted by molar-refractivity contribution is 7.10. The normalized spacial score (nSPS) is 19.4. The number of benzene rings is 1. The van der Waals surface area contributed by atoms with Crippen LogP contribution in [0.1, 0.15) is 27.6 Å². The van der Waals surface area contributed by atoms with E-state index in [0.717, 1.165) is 6.54 Å². The lowest BCUT2D eigenvalue weighted by molar-refractivity contribution is 0.578. The first kappa shape index (κ1) is 10.1.